The van der Waals surface area contributed by atoms with Crippen molar-refractivity contribution < 1.29 is 14.3 Å². The summed E-state index contributed by atoms with van der Waals surface area (Å²) in [4.78, 5) is 12.0. The number of carbonyl (C=O) groups is 1. The van der Waals surface area contributed by atoms with E-state index in [0.29, 0.717) is 5.75 Å². The standard InChI is InChI=1S/C17H16BrNO3S/c1-11-2-4-13(5-3-11)19-17(20)9-23-8-12-6-15-16(7-14(12)18)22-10-21-15/h2-7H,8-10H2,1H3,(H,19,20). The Morgan fingerprint density at radius 2 is 1.91 bits per heavy atom. The molecule has 0 saturated heterocycles. The van der Waals surface area contributed by atoms with Crippen LogP contribution in [0.15, 0.2) is 40.9 Å². The van der Waals surface area contributed by atoms with Gasteiger partial charge in [0.05, 0.1) is 5.75 Å². The molecular formula is C17H16BrNO3S. The highest BCUT2D eigenvalue weighted by molar-refractivity contribution is 9.10. The second-order valence-electron chi connectivity index (χ2n) is 5.20. The Balaban J connectivity index is 1.51. The number of anilines is 1. The maximum atomic E-state index is 12.0. The van der Waals surface area contributed by atoms with Gasteiger partial charge in [-0.1, -0.05) is 33.6 Å². The molecule has 1 heterocycles. The number of amides is 1. The van der Waals surface area contributed by atoms with Gasteiger partial charge in [0, 0.05) is 15.9 Å². The molecule has 1 N–H and O–H groups in total. The van der Waals surface area contributed by atoms with E-state index in [1.807, 2.05) is 43.3 Å². The first kappa shape index (κ1) is 16.2. The molecule has 120 valence electrons. The number of nitrogens with one attached hydrogen (secondary N) is 1. The fourth-order valence-corrected chi connectivity index (χ4v) is 3.62. The van der Waals surface area contributed by atoms with Crippen molar-refractivity contribution in [3.05, 3.63) is 52.0 Å². The first-order valence-corrected chi connectivity index (χ1v) is 9.09. The van der Waals surface area contributed by atoms with Gasteiger partial charge in [-0.25, -0.2) is 0 Å². The summed E-state index contributed by atoms with van der Waals surface area (Å²) in [5.41, 5.74) is 3.08. The maximum Gasteiger partial charge on any atom is 0.234 e. The predicted octanol–water partition coefficient (Wildman–Crippen LogP) is 4.36. The van der Waals surface area contributed by atoms with Gasteiger partial charge in [0.15, 0.2) is 11.5 Å². The van der Waals surface area contributed by atoms with Gasteiger partial charge in [0.1, 0.15) is 0 Å². The number of ether oxygens (including phenoxy) is 2. The Morgan fingerprint density at radius 3 is 2.65 bits per heavy atom. The summed E-state index contributed by atoms with van der Waals surface area (Å²) in [7, 11) is 0. The van der Waals surface area contributed by atoms with Crippen molar-refractivity contribution >= 4 is 39.3 Å². The van der Waals surface area contributed by atoms with Crippen LogP contribution in [0.3, 0.4) is 0 Å². The molecule has 0 spiro atoms. The van der Waals surface area contributed by atoms with Crippen LogP contribution in [-0.2, 0) is 10.5 Å². The van der Waals surface area contributed by atoms with Gasteiger partial charge in [-0.05, 0) is 36.8 Å². The van der Waals surface area contributed by atoms with E-state index in [4.69, 9.17) is 9.47 Å². The van der Waals surface area contributed by atoms with E-state index in [2.05, 4.69) is 21.2 Å². The second-order valence-corrected chi connectivity index (χ2v) is 7.04. The highest BCUT2D eigenvalue weighted by atomic mass is 79.9. The van der Waals surface area contributed by atoms with Gasteiger partial charge in [-0.3, -0.25) is 4.79 Å². The number of thioether (sulfide) groups is 1. The minimum Gasteiger partial charge on any atom is -0.454 e. The maximum absolute atomic E-state index is 12.0. The number of benzene rings is 2. The number of rotatable bonds is 5. The minimum absolute atomic E-state index is 0.00396. The van der Waals surface area contributed by atoms with Crippen LogP contribution in [0, 0.1) is 6.92 Å². The summed E-state index contributed by atoms with van der Waals surface area (Å²) in [6, 6.07) is 11.6. The number of carbonyl (C=O) groups excluding carboxylic acids is 1. The Morgan fingerprint density at radius 1 is 1.22 bits per heavy atom. The molecule has 0 bridgehead atoms. The van der Waals surface area contributed by atoms with E-state index < -0.39 is 0 Å². The van der Waals surface area contributed by atoms with Crippen molar-refractivity contribution in [3.63, 3.8) is 0 Å². The molecule has 4 nitrogen and oxygen atoms in total. The average molecular weight is 394 g/mol. The molecule has 0 atom stereocenters. The van der Waals surface area contributed by atoms with Gasteiger partial charge in [0.25, 0.3) is 0 Å². The molecule has 0 aromatic heterocycles. The van der Waals surface area contributed by atoms with E-state index >= 15 is 0 Å². The monoisotopic (exact) mass is 393 g/mol. The van der Waals surface area contributed by atoms with Crippen LogP contribution in [0.4, 0.5) is 5.69 Å². The molecule has 0 aliphatic carbocycles. The lowest BCUT2D eigenvalue weighted by Gasteiger charge is -2.07. The topological polar surface area (TPSA) is 47.6 Å². The lowest BCUT2D eigenvalue weighted by Crippen LogP contribution is -2.14. The first-order chi connectivity index (χ1) is 11.1. The zero-order chi connectivity index (χ0) is 16.2. The van der Waals surface area contributed by atoms with E-state index in [1.165, 1.54) is 5.56 Å². The molecule has 1 aliphatic heterocycles. The summed E-state index contributed by atoms with van der Waals surface area (Å²) in [5, 5.41) is 2.90. The largest absolute Gasteiger partial charge is 0.454 e. The van der Waals surface area contributed by atoms with Crippen molar-refractivity contribution in [3.8, 4) is 11.5 Å². The van der Waals surface area contributed by atoms with Gasteiger partial charge in [0.2, 0.25) is 12.7 Å². The highest BCUT2D eigenvalue weighted by Gasteiger charge is 2.16. The van der Waals surface area contributed by atoms with Gasteiger partial charge >= 0.3 is 0 Å². The molecule has 2 aromatic carbocycles. The fourth-order valence-electron chi connectivity index (χ4n) is 2.16. The zero-order valence-electron chi connectivity index (χ0n) is 12.6. The van der Waals surface area contributed by atoms with Gasteiger partial charge in [-0.15, -0.1) is 11.8 Å². The van der Waals surface area contributed by atoms with E-state index in [9.17, 15) is 4.79 Å². The minimum atomic E-state index is -0.00396. The summed E-state index contributed by atoms with van der Waals surface area (Å²) < 4.78 is 11.7. The summed E-state index contributed by atoms with van der Waals surface area (Å²) in [6.07, 6.45) is 0. The van der Waals surface area contributed by atoms with Crippen molar-refractivity contribution in [1.82, 2.24) is 0 Å². The molecule has 0 radical (unpaired) electrons. The summed E-state index contributed by atoms with van der Waals surface area (Å²) >= 11 is 5.09. The Kier molecular flexibility index (Phi) is 5.13. The lowest BCUT2D eigenvalue weighted by molar-refractivity contribution is -0.113. The fraction of sp³-hybridized carbons (Fsp3) is 0.235. The van der Waals surface area contributed by atoms with Gasteiger partial charge in [-0.2, -0.15) is 0 Å². The number of halogens is 1. The van der Waals surface area contributed by atoms with Crippen LogP contribution in [0.25, 0.3) is 0 Å². The summed E-state index contributed by atoms with van der Waals surface area (Å²) in [5.74, 6) is 2.62. The molecule has 0 unspecified atom stereocenters. The molecule has 6 heteroatoms. The summed E-state index contributed by atoms with van der Waals surface area (Å²) in [6.45, 7) is 2.28. The van der Waals surface area contributed by atoms with E-state index in [0.717, 1.165) is 33.0 Å². The molecular weight excluding hydrogens is 378 g/mol. The van der Waals surface area contributed by atoms with Crippen LogP contribution >= 0.6 is 27.7 Å². The van der Waals surface area contributed by atoms with E-state index in [1.54, 1.807) is 11.8 Å². The molecule has 0 saturated carbocycles. The van der Waals surface area contributed by atoms with Crippen LogP contribution in [0.2, 0.25) is 0 Å². The van der Waals surface area contributed by atoms with E-state index in [-0.39, 0.29) is 12.7 Å². The van der Waals surface area contributed by atoms with Crippen LogP contribution in [-0.4, -0.2) is 18.5 Å². The molecule has 1 aliphatic rings. The lowest BCUT2D eigenvalue weighted by atomic mass is 10.2. The SMILES string of the molecule is Cc1ccc(NC(=O)CSCc2cc3c(cc2Br)OCO3)cc1. The Hall–Kier alpha value is -1.66. The molecule has 0 fully saturated rings. The second kappa shape index (κ2) is 7.27. The third kappa shape index (κ3) is 4.20. The van der Waals surface area contributed by atoms with Crippen LogP contribution in [0.5, 0.6) is 11.5 Å². The van der Waals surface area contributed by atoms with Crippen molar-refractivity contribution in [1.29, 1.82) is 0 Å². The smallest absolute Gasteiger partial charge is 0.234 e. The molecule has 1 amide bonds. The Bertz CT molecular complexity index is 719. The van der Waals surface area contributed by atoms with Crippen LogP contribution in [0.1, 0.15) is 11.1 Å². The Labute approximate surface area is 147 Å². The molecule has 23 heavy (non-hydrogen) atoms. The third-order valence-corrected chi connectivity index (χ3v) is 5.09. The van der Waals surface area contributed by atoms with Gasteiger partial charge < -0.3 is 14.8 Å². The molecule has 2 aromatic rings. The number of aryl methyl sites for hydroxylation is 1. The van der Waals surface area contributed by atoms with Crippen LogP contribution < -0.4 is 14.8 Å². The first-order valence-electron chi connectivity index (χ1n) is 7.14. The molecule has 3 rings (SSSR count). The average Bonchev–Trinajstić information content (AvgIpc) is 2.97. The van der Waals surface area contributed by atoms with Crippen molar-refractivity contribution in [2.75, 3.05) is 17.9 Å². The third-order valence-electron chi connectivity index (χ3n) is 3.37. The number of hydrogen-bond donors (Lipinski definition) is 1. The normalized spacial score (nSPS) is 12.3. The number of hydrogen-bond acceptors (Lipinski definition) is 4. The predicted molar refractivity (Wildman–Crippen MR) is 96.2 cm³/mol. The van der Waals surface area contributed by atoms with Crippen molar-refractivity contribution in [2.24, 2.45) is 0 Å². The quantitative estimate of drug-likeness (QED) is 0.819. The van der Waals surface area contributed by atoms with Crippen molar-refractivity contribution in [2.45, 2.75) is 12.7 Å². The number of fused-ring (bicyclic) bond motifs is 1. The highest BCUT2D eigenvalue weighted by Crippen LogP contribution is 2.38. The zero-order valence-corrected chi connectivity index (χ0v) is 15.0.